The second-order valence-electron chi connectivity index (χ2n) is 4.49. The number of ether oxygens (including phenoxy) is 1. The van der Waals surface area contributed by atoms with Gasteiger partial charge in [-0.3, -0.25) is 0 Å². The summed E-state index contributed by atoms with van der Waals surface area (Å²) < 4.78 is 44.3. The van der Waals surface area contributed by atoms with Crippen LogP contribution in [-0.4, -0.2) is 7.11 Å². The molecule has 0 saturated heterocycles. The van der Waals surface area contributed by atoms with Crippen molar-refractivity contribution >= 4 is 15.9 Å². The minimum Gasteiger partial charge on any atom is -0.496 e. The van der Waals surface area contributed by atoms with Crippen molar-refractivity contribution < 1.29 is 17.9 Å². The highest BCUT2D eigenvalue weighted by Gasteiger charge is 2.31. The van der Waals surface area contributed by atoms with Crippen LogP contribution in [0.25, 0.3) is 0 Å². The summed E-state index contributed by atoms with van der Waals surface area (Å²) in [6.07, 6.45) is -4.39. The van der Waals surface area contributed by atoms with Crippen LogP contribution < -0.4 is 10.5 Å². The molecule has 6 heteroatoms. The highest BCUT2D eigenvalue weighted by Crippen LogP contribution is 2.34. The second kappa shape index (κ2) is 6.07. The molecule has 112 valence electrons. The molecule has 0 saturated carbocycles. The van der Waals surface area contributed by atoms with Crippen molar-refractivity contribution in [3.63, 3.8) is 0 Å². The molecule has 0 aliphatic rings. The van der Waals surface area contributed by atoms with Crippen molar-refractivity contribution in [2.24, 2.45) is 5.73 Å². The molecule has 0 aliphatic carbocycles. The number of methoxy groups -OCH3 is 1. The highest BCUT2D eigenvalue weighted by molar-refractivity contribution is 9.10. The van der Waals surface area contributed by atoms with Crippen molar-refractivity contribution in [1.82, 2.24) is 0 Å². The average Bonchev–Trinajstić information content (AvgIpc) is 2.45. The fourth-order valence-electron chi connectivity index (χ4n) is 2.04. The molecular weight excluding hydrogens is 347 g/mol. The van der Waals surface area contributed by atoms with Crippen LogP contribution in [0.5, 0.6) is 5.75 Å². The zero-order valence-corrected chi connectivity index (χ0v) is 12.7. The van der Waals surface area contributed by atoms with Crippen LogP contribution >= 0.6 is 15.9 Å². The Balaban J connectivity index is 2.45. The number of hydrogen-bond acceptors (Lipinski definition) is 2. The van der Waals surface area contributed by atoms with E-state index in [1.165, 1.54) is 13.2 Å². The van der Waals surface area contributed by atoms with E-state index in [0.29, 0.717) is 16.9 Å². The minimum atomic E-state index is -4.39. The molecule has 1 unspecified atom stereocenters. The van der Waals surface area contributed by atoms with Crippen LogP contribution in [0, 0.1) is 0 Å². The molecule has 0 fully saturated rings. The topological polar surface area (TPSA) is 35.2 Å². The second-order valence-corrected chi connectivity index (χ2v) is 5.40. The van der Waals surface area contributed by atoms with Gasteiger partial charge < -0.3 is 10.5 Å². The Morgan fingerprint density at radius 3 is 2.48 bits per heavy atom. The van der Waals surface area contributed by atoms with Crippen LogP contribution in [-0.2, 0) is 6.18 Å². The molecule has 2 nitrogen and oxygen atoms in total. The first kappa shape index (κ1) is 15.9. The van der Waals surface area contributed by atoms with E-state index in [9.17, 15) is 13.2 Å². The third-order valence-corrected chi connectivity index (χ3v) is 3.59. The summed E-state index contributed by atoms with van der Waals surface area (Å²) in [6, 6.07) is 9.53. The number of rotatable bonds is 3. The van der Waals surface area contributed by atoms with Crippen molar-refractivity contribution in [3.8, 4) is 5.75 Å². The average molecular weight is 360 g/mol. The lowest BCUT2D eigenvalue weighted by molar-refractivity contribution is -0.137. The SMILES string of the molecule is COc1ccc(Br)cc1C(N)c1cccc(C(F)(F)F)c1. The summed E-state index contributed by atoms with van der Waals surface area (Å²) >= 11 is 3.32. The maximum Gasteiger partial charge on any atom is 0.416 e. The van der Waals surface area contributed by atoms with Crippen molar-refractivity contribution in [2.75, 3.05) is 7.11 Å². The van der Waals surface area contributed by atoms with Crippen LogP contribution in [0.1, 0.15) is 22.7 Å². The van der Waals surface area contributed by atoms with Gasteiger partial charge in [0, 0.05) is 10.0 Å². The van der Waals surface area contributed by atoms with Gasteiger partial charge in [0.1, 0.15) is 5.75 Å². The normalized spacial score (nSPS) is 13.0. The smallest absolute Gasteiger partial charge is 0.416 e. The van der Waals surface area contributed by atoms with Gasteiger partial charge in [0.15, 0.2) is 0 Å². The van der Waals surface area contributed by atoms with E-state index in [2.05, 4.69) is 15.9 Å². The quantitative estimate of drug-likeness (QED) is 0.873. The van der Waals surface area contributed by atoms with Gasteiger partial charge in [0.2, 0.25) is 0 Å². The lowest BCUT2D eigenvalue weighted by atomic mass is 9.97. The summed E-state index contributed by atoms with van der Waals surface area (Å²) in [5.74, 6) is 0.531. The Labute approximate surface area is 128 Å². The lowest BCUT2D eigenvalue weighted by Crippen LogP contribution is -2.14. The zero-order chi connectivity index (χ0) is 15.6. The summed E-state index contributed by atoms with van der Waals surface area (Å²) in [6.45, 7) is 0. The number of benzene rings is 2. The molecule has 0 heterocycles. The van der Waals surface area contributed by atoms with Crippen molar-refractivity contribution in [2.45, 2.75) is 12.2 Å². The molecule has 2 rings (SSSR count). The Kier molecular flexibility index (Phi) is 4.58. The summed E-state index contributed by atoms with van der Waals surface area (Å²) in [5.41, 5.74) is 6.38. The molecule has 0 aliphatic heterocycles. The molecule has 21 heavy (non-hydrogen) atoms. The Bertz CT molecular complexity index is 643. The predicted octanol–water partition coefficient (Wildman–Crippen LogP) is 4.52. The third kappa shape index (κ3) is 3.57. The Morgan fingerprint density at radius 2 is 1.86 bits per heavy atom. The number of nitrogens with two attached hydrogens (primary N) is 1. The monoisotopic (exact) mass is 359 g/mol. The maximum absolute atomic E-state index is 12.8. The van der Waals surface area contributed by atoms with Gasteiger partial charge in [0.25, 0.3) is 0 Å². The predicted molar refractivity (Wildman–Crippen MR) is 78.2 cm³/mol. The van der Waals surface area contributed by atoms with Crippen LogP contribution in [0.4, 0.5) is 13.2 Å². The molecule has 0 spiro atoms. The van der Waals surface area contributed by atoms with Gasteiger partial charge in [-0.2, -0.15) is 13.2 Å². The van der Waals surface area contributed by atoms with Gasteiger partial charge >= 0.3 is 6.18 Å². The Morgan fingerprint density at radius 1 is 1.14 bits per heavy atom. The van der Waals surface area contributed by atoms with Crippen molar-refractivity contribution in [1.29, 1.82) is 0 Å². The fourth-order valence-corrected chi connectivity index (χ4v) is 2.42. The van der Waals surface area contributed by atoms with Crippen LogP contribution in [0.3, 0.4) is 0 Å². The van der Waals surface area contributed by atoms with E-state index in [4.69, 9.17) is 10.5 Å². The molecule has 0 bridgehead atoms. The maximum atomic E-state index is 12.8. The number of hydrogen-bond donors (Lipinski definition) is 1. The first-order valence-electron chi connectivity index (χ1n) is 6.09. The zero-order valence-electron chi connectivity index (χ0n) is 11.1. The molecule has 0 amide bonds. The molecule has 2 aromatic rings. The Hall–Kier alpha value is -1.53. The summed E-state index contributed by atoms with van der Waals surface area (Å²) in [7, 11) is 1.49. The molecule has 0 aromatic heterocycles. The van der Waals surface area contributed by atoms with E-state index in [0.717, 1.165) is 16.6 Å². The molecule has 2 aromatic carbocycles. The number of alkyl halides is 3. The van der Waals surface area contributed by atoms with Crippen molar-refractivity contribution in [3.05, 3.63) is 63.6 Å². The minimum absolute atomic E-state index is 0.376. The number of halogens is 4. The van der Waals surface area contributed by atoms with E-state index in [-0.39, 0.29) is 0 Å². The standard InChI is InChI=1S/C15H13BrF3NO/c1-21-13-6-5-11(16)8-12(13)14(20)9-3-2-4-10(7-9)15(17,18)19/h2-8,14H,20H2,1H3. The van der Waals surface area contributed by atoms with Crippen LogP contribution in [0.2, 0.25) is 0 Å². The molecule has 2 N–H and O–H groups in total. The van der Waals surface area contributed by atoms with Gasteiger partial charge in [-0.05, 0) is 35.9 Å². The van der Waals surface area contributed by atoms with Crippen LogP contribution in [0.15, 0.2) is 46.9 Å². The highest BCUT2D eigenvalue weighted by atomic mass is 79.9. The fraction of sp³-hybridized carbons (Fsp3) is 0.200. The summed E-state index contributed by atoms with van der Waals surface area (Å²) in [4.78, 5) is 0. The van der Waals surface area contributed by atoms with Gasteiger partial charge in [0.05, 0.1) is 18.7 Å². The molecule has 1 atom stereocenters. The van der Waals surface area contributed by atoms with Gasteiger partial charge in [-0.25, -0.2) is 0 Å². The molecule has 0 radical (unpaired) electrons. The lowest BCUT2D eigenvalue weighted by Gasteiger charge is -2.18. The molecular formula is C15H13BrF3NO. The van der Waals surface area contributed by atoms with E-state index in [1.54, 1.807) is 24.3 Å². The largest absolute Gasteiger partial charge is 0.496 e. The summed E-state index contributed by atoms with van der Waals surface area (Å²) in [5, 5.41) is 0. The first-order chi connectivity index (χ1) is 9.82. The van der Waals surface area contributed by atoms with E-state index >= 15 is 0 Å². The first-order valence-corrected chi connectivity index (χ1v) is 6.88. The van der Waals surface area contributed by atoms with Gasteiger partial charge in [-0.1, -0.05) is 28.1 Å². The van der Waals surface area contributed by atoms with E-state index in [1.807, 2.05) is 0 Å². The van der Waals surface area contributed by atoms with Gasteiger partial charge in [-0.15, -0.1) is 0 Å². The third-order valence-electron chi connectivity index (χ3n) is 3.10. The van der Waals surface area contributed by atoms with E-state index < -0.39 is 17.8 Å².